The molecule has 1 N–H and O–H groups in total. The van der Waals surface area contributed by atoms with Gasteiger partial charge in [0, 0.05) is 79.0 Å². The van der Waals surface area contributed by atoms with Crippen LogP contribution in [-0.2, 0) is 52.6 Å². The van der Waals surface area contributed by atoms with Crippen molar-refractivity contribution in [3.63, 3.8) is 0 Å². The van der Waals surface area contributed by atoms with Gasteiger partial charge in [0.05, 0.1) is 25.4 Å². The van der Waals surface area contributed by atoms with Gasteiger partial charge in [0.2, 0.25) is 0 Å². The number of Topliss-reactive ketones (excluding diaryl/α,β-unsaturated/α-hetero) is 3. The zero-order valence-electron chi connectivity index (χ0n) is 44.3. The number of ketones is 3. The monoisotopic (exact) mass is 1210 g/mol. The standard InChI is InChI=1S/C28H47IO5.C26H43IO4.C2H4O3/c1-4-5-6-9-12-16-28(32-18-19-33-28)17-15-24-23(21-29)20-26(30)25(24)13-10-7-8-11-14-27(31)34-22(2)3;1-4-5-6-7-10-13-22(28)16-17-23-21(19-27)18-25(29)24(23)14-11-8-9-12-15-26(30)31-20(2)3;1-2(3)5-4/h7,10,22-25H,4-6,8-9,11-21H2,1-3H3;8,11,20-21,23-24H,4-7,9-10,12-19H2,1-3H3;4H,1H3/t23-,24-,25+;21-,23-,24+;/m00./s1. The van der Waals surface area contributed by atoms with Crippen LogP contribution in [0.4, 0.5) is 0 Å². The molecule has 1 aliphatic heterocycles. The fourth-order valence-electron chi connectivity index (χ4n) is 9.85. The Labute approximate surface area is 450 Å². The molecule has 14 heteroatoms. The molecular weight excluding hydrogens is 1120 g/mol. The van der Waals surface area contributed by atoms with E-state index >= 15 is 0 Å². The third-order valence-corrected chi connectivity index (χ3v) is 15.8. The van der Waals surface area contributed by atoms with Crippen molar-refractivity contribution in [2.24, 2.45) is 35.5 Å². The number of hydrogen-bond acceptors (Lipinski definition) is 12. The Bertz CT molecular complexity index is 1520. The van der Waals surface area contributed by atoms with Gasteiger partial charge < -0.3 is 23.8 Å². The average Bonchev–Trinajstić information content (AvgIpc) is 4.01. The van der Waals surface area contributed by atoms with Crippen LogP contribution in [0.15, 0.2) is 24.3 Å². The Kier molecular flexibility index (Phi) is 38.4. The van der Waals surface area contributed by atoms with Crippen molar-refractivity contribution in [3.8, 4) is 0 Å². The second-order valence-electron chi connectivity index (χ2n) is 20.1. The van der Waals surface area contributed by atoms with Gasteiger partial charge in [-0.2, -0.15) is 5.26 Å². The second-order valence-corrected chi connectivity index (χ2v) is 21.9. The van der Waals surface area contributed by atoms with E-state index in [4.69, 9.17) is 24.2 Å². The first kappa shape index (κ1) is 66.3. The number of allylic oxidation sites excluding steroid dienone is 4. The molecule has 2 aliphatic carbocycles. The van der Waals surface area contributed by atoms with Crippen molar-refractivity contribution >= 4 is 80.4 Å². The second kappa shape index (κ2) is 40.6. The maximum absolute atomic E-state index is 12.9. The number of halogens is 2. The van der Waals surface area contributed by atoms with Gasteiger partial charge in [-0.1, -0.05) is 135 Å². The molecule has 3 rings (SSSR count). The summed E-state index contributed by atoms with van der Waals surface area (Å²) >= 11 is 4.83. The molecule has 0 radical (unpaired) electrons. The number of rotatable bonds is 34. The van der Waals surface area contributed by atoms with Gasteiger partial charge in [0.1, 0.15) is 17.3 Å². The predicted molar refractivity (Wildman–Crippen MR) is 295 cm³/mol. The summed E-state index contributed by atoms with van der Waals surface area (Å²) in [5, 5.41) is 7.29. The maximum Gasteiger partial charge on any atom is 0.339 e. The molecule has 1 heterocycles. The van der Waals surface area contributed by atoms with Crippen molar-refractivity contribution < 1.29 is 57.9 Å². The summed E-state index contributed by atoms with van der Waals surface area (Å²) < 4.78 is 24.6. The summed E-state index contributed by atoms with van der Waals surface area (Å²) in [6, 6.07) is 0. The first-order chi connectivity index (χ1) is 33.6. The minimum Gasteiger partial charge on any atom is -0.463 e. The molecule has 404 valence electrons. The van der Waals surface area contributed by atoms with Crippen LogP contribution in [0.3, 0.4) is 0 Å². The van der Waals surface area contributed by atoms with E-state index in [0.29, 0.717) is 92.8 Å². The molecule has 3 fully saturated rings. The maximum atomic E-state index is 12.9. The number of carbonyl (C=O) groups is 6. The summed E-state index contributed by atoms with van der Waals surface area (Å²) in [5.74, 6) is 1.51. The lowest BCUT2D eigenvalue weighted by atomic mass is 9.82. The summed E-state index contributed by atoms with van der Waals surface area (Å²) in [7, 11) is 0. The predicted octanol–water partition coefficient (Wildman–Crippen LogP) is 14.2. The molecule has 2 saturated carbocycles. The third kappa shape index (κ3) is 29.8. The molecule has 6 atom stereocenters. The normalized spacial score (nSPS) is 21.8. The molecule has 0 aromatic rings. The Morgan fingerprint density at radius 3 is 1.50 bits per heavy atom. The van der Waals surface area contributed by atoms with E-state index in [1.165, 1.54) is 44.9 Å². The Morgan fingerprint density at radius 1 is 0.629 bits per heavy atom. The van der Waals surface area contributed by atoms with Crippen LogP contribution in [0.1, 0.15) is 215 Å². The minimum absolute atomic E-state index is 0.0549. The first-order valence-corrected chi connectivity index (χ1v) is 30.1. The van der Waals surface area contributed by atoms with Crippen molar-refractivity contribution in [2.45, 2.75) is 233 Å². The lowest BCUT2D eigenvalue weighted by Crippen LogP contribution is -2.32. The van der Waals surface area contributed by atoms with Crippen LogP contribution >= 0.6 is 45.2 Å². The van der Waals surface area contributed by atoms with Crippen LogP contribution < -0.4 is 0 Å². The molecule has 3 aliphatic rings. The molecule has 12 nitrogen and oxygen atoms in total. The molecule has 0 aromatic heterocycles. The average molecular weight is 1210 g/mol. The number of ether oxygens (including phenoxy) is 4. The highest BCUT2D eigenvalue weighted by atomic mass is 127. The summed E-state index contributed by atoms with van der Waals surface area (Å²) in [6.07, 6.45) is 32.5. The number of unbranched alkanes of at least 4 members (excludes halogenated alkanes) is 10. The smallest absolute Gasteiger partial charge is 0.339 e. The van der Waals surface area contributed by atoms with E-state index in [2.05, 4.69) is 88.2 Å². The minimum atomic E-state index is -0.690. The largest absolute Gasteiger partial charge is 0.463 e. The number of alkyl halides is 2. The van der Waals surface area contributed by atoms with E-state index in [1.54, 1.807) is 0 Å². The van der Waals surface area contributed by atoms with Crippen LogP contribution in [0.25, 0.3) is 0 Å². The fourth-order valence-corrected chi connectivity index (χ4v) is 11.8. The Balaban J connectivity index is 0.000000640. The lowest BCUT2D eigenvalue weighted by Gasteiger charge is -2.31. The zero-order valence-corrected chi connectivity index (χ0v) is 48.7. The van der Waals surface area contributed by atoms with Crippen molar-refractivity contribution in [1.82, 2.24) is 0 Å². The summed E-state index contributed by atoms with van der Waals surface area (Å²) in [5.41, 5.74) is 0. The summed E-state index contributed by atoms with van der Waals surface area (Å²) in [4.78, 5) is 73.5. The number of hydrogen-bond donors (Lipinski definition) is 1. The van der Waals surface area contributed by atoms with E-state index in [1.807, 2.05) is 27.7 Å². The van der Waals surface area contributed by atoms with Gasteiger partial charge in [-0.25, -0.2) is 4.79 Å². The Hall–Kier alpha value is -1.76. The molecule has 0 amide bonds. The third-order valence-electron chi connectivity index (χ3n) is 13.5. The molecule has 1 saturated heterocycles. The van der Waals surface area contributed by atoms with Gasteiger partial charge in [0.15, 0.2) is 5.79 Å². The highest BCUT2D eigenvalue weighted by Crippen LogP contribution is 2.44. The number of esters is 2. The van der Waals surface area contributed by atoms with E-state index in [9.17, 15) is 28.8 Å². The van der Waals surface area contributed by atoms with Gasteiger partial charge in [-0.3, -0.25) is 24.0 Å². The van der Waals surface area contributed by atoms with Crippen molar-refractivity contribution in [3.05, 3.63) is 24.3 Å². The van der Waals surface area contributed by atoms with Gasteiger partial charge >= 0.3 is 17.9 Å². The van der Waals surface area contributed by atoms with Gasteiger partial charge in [-0.05, 0) is 116 Å². The van der Waals surface area contributed by atoms with E-state index < -0.39 is 11.8 Å². The van der Waals surface area contributed by atoms with Crippen LogP contribution in [-0.4, -0.2) is 80.6 Å². The molecule has 70 heavy (non-hydrogen) atoms. The van der Waals surface area contributed by atoms with Gasteiger partial charge in [-0.15, -0.1) is 0 Å². The van der Waals surface area contributed by atoms with Crippen molar-refractivity contribution in [1.29, 1.82) is 0 Å². The topological polar surface area (TPSA) is 169 Å². The molecule has 0 spiro atoms. The van der Waals surface area contributed by atoms with E-state index in [-0.39, 0.29) is 36.0 Å². The van der Waals surface area contributed by atoms with Crippen LogP contribution in [0, 0.1) is 35.5 Å². The quantitative estimate of drug-likeness (QED) is 0.00947. The van der Waals surface area contributed by atoms with Gasteiger partial charge in [0.25, 0.3) is 0 Å². The highest BCUT2D eigenvalue weighted by molar-refractivity contribution is 14.1. The first-order valence-electron chi connectivity index (χ1n) is 27.0. The lowest BCUT2D eigenvalue weighted by molar-refractivity contribution is -0.231. The van der Waals surface area contributed by atoms with Crippen LogP contribution in [0.2, 0.25) is 0 Å². The molecular formula is C56H94I2O12. The number of carbonyl (C=O) groups excluding carboxylic acids is 6. The SMILES string of the molecule is CC(=O)OO.CCCCCCCC(=O)CC[C@H]1[C@H](CI)CC(=O)[C@@H]1CC=CCCCC(=O)OC(C)C.CCCCCCCC1(CC[C@H]2[C@H](CI)CC(=O)[C@@H]2CC=CCCCC(=O)OC(C)C)OCCO1. The molecule has 0 aromatic carbocycles. The fraction of sp³-hybridized carbons (Fsp3) is 0.821. The molecule has 0 bridgehead atoms. The van der Waals surface area contributed by atoms with Crippen LogP contribution in [0.5, 0.6) is 0 Å². The van der Waals surface area contributed by atoms with E-state index in [0.717, 1.165) is 99.2 Å². The Morgan fingerprint density at radius 2 is 1.07 bits per heavy atom. The highest BCUT2D eigenvalue weighted by Gasteiger charge is 2.44. The molecule has 0 unspecified atom stereocenters. The van der Waals surface area contributed by atoms with Crippen molar-refractivity contribution in [2.75, 3.05) is 22.1 Å². The zero-order chi connectivity index (χ0) is 52.2. The summed E-state index contributed by atoms with van der Waals surface area (Å²) in [6.45, 7) is 14.4.